The lowest BCUT2D eigenvalue weighted by Crippen LogP contribution is -2.50. The van der Waals surface area contributed by atoms with Gasteiger partial charge < -0.3 is 9.30 Å². The van der Waals surface area contributed by atoms with E-state index in [0.29, 0.717) is 23.5 Å². The van der Waals surface area contributed by atoms with Crippen LogP contribution < -0.4 is 0 Å². The van der Waals surface area contributed by atoms with E-state index in [-0.39, 0.29) is 22.9 Å². The molecule has 1 aromatic heterocycles. The van der Waals surface area contributed by atoms with Crippen molar-refractivity contribution < 1.29 is 14.3 Å². The van der Waals surface area contributed by atoms with Gasteiger partial charge >= 0.3 is 5.97 Å². The molecule has 0 radical (unpaired) electrons. The first-order valence-corrected chi connectivity index (χ1v) is 11.6. The molecule has 1 aromatic rings. The van der Waals surface area contributed by atoms with E-state index >= 15 is 0 Å². The normalized spacial score (nSPS) is 41.6. The molecule has 0 spiro atoms. The van der Waals surface area contributed by atoms with Gasteiger partial charge in [-0.25, -0.2) is 0 Å². The predicted molar refractivity (Wildman–Crippen MR) is 116 cm³/mol. The largest absolute Gasteiger partial charge is 0.462 e. The van der Waals surface area contributed by atoms with Crippen LogP contribution in [0.1, 0.15) is 65.7 Å². The first-order chi connectivity index (χ1) is 14.3. The fourth-order valence-corrected chi connectivity index (χ4v) is 7.36. The molecule has 0 saturated heterocycles. The van der Waals surface area contributed by atoms with E-state index in [1.54, 1.807) is 0 Å². The summed E-state index contributed by atoms with van der Waals surface area (Å²) in [4.78, 5) is 24.9. The molecule has 4 aliphatic carbocycles. The summed E-state index contributed by atoms with van der Waals surface area (Å²) >= 11 is 0. The lowest BCUT2D eigenvalue weighted by atomic mass is 9.48. The first kappa shape index (κ1) is 19.8. The van der Waals surface area contributed by atoms with Gasteiger partial charge in [-0.3, -0.25) is 9.59 Å². The molecule has 3 fully saturated rings. The Morgan fingerprint density at radius 3 is 2.57 bits per heavy atom. The lowest BCUT2D eigenvalue weighted by molar-refractivity contribution is -0.148. The van der Waals surface area contributed by atoms with Crippen molar-refractivity contribution in [2.24, 2.45) is 28.6 Å². The third-order valence-corrected chi connectivity index (χ3v) is 8.96. The molecule has 6 atom stereocenters. The minimum atomic E-state index is -0.212. The van der Waals surface area contributed by atoms with Crippen LogP contribution >= 0.6 is 0 Å². The van der Waals surface area contributed by atoms with Gasteiger partial charge in [0.2, 0.25) is 0 Å². The topological polar surface area (TPSA) is 48.3 Å². The summed E-state index contributed by atoms with van der Waals surface area (Å²) in [6.07, 6.45) is 15.6. The van der Waals surface area contributed by atoms with Crippen LogP contribution in [0.2, 0.25) is 0 Å². The molecule has 5 rings (SSSR count). The Morgan fingerprint density at radius 2 is 1.83 bits per heavy atom. The molecule has 30 heavy (non-hydrogen) atoms. The van der Waals surface area contributed by atoms with Crippen LogP contribution in [0.3, 0.4) is 0 Å². The second-order valence-electron chi connectivity index (χ2n) is 10.5. The Bertz CT molecular complexity index is 926. The number of nitrogens with zero attached hydrogens (tertiary/aromatic N) is 1. The number of aromatic nitrogens is 1. The molecule has 0 unspecified atom stereocenters. The third kappa shape index (κ3) is 2.94. The number of esters is 1. The third-order valence-electron chi connectivity index (χ3n) is 8.96. The molecule has 160 valence electrons. The van der Waals surface area contributed by atoms with E-state index in [1.165, 1.54) is 12.5 Å². The average Bonchev–Trinajstić information content (AvgIpc) is 3.29. The number of hydrogen-bond acceptors (Lipinski definition) is 3. The van der Waals surface area contributed by atoms with Gasteiger partial charge in [-0.2, -0.15) is 0 Å². The van der Waals surface area contributed by atoms with Crippen LogP contribution in [0, 0.1) is 28.6 Å². The molecule has 3 saturated carbocycles. The lowest BCUT2D eigenvalue weighted by Gasteiger charge is -2.56. The summed E-state index contributed by atoms with van der Waals surface area (Å²) in [5.41, 5.74) is 2.48. The Kier molecular flexibility index (Phi) is 4.61. The summed E-state index contributed by atoms with van der Waals surface area (Å²) in [7, 11) is 0. The monoisotopic (exact) mass is 407 g/mol. The molecular weight excluding hydrogens is 374 g/mol. The molecule has 4 heteroatoms. The quantitative estimate of drug-likeness (QED) is 0.374. The van der Waals surface area contributed by atoms with Crippen molar-refractivity contribution in [3.05, 3.63) is 41.7 Å². The van der Waals surface area contributed by atoms with Gasteiger partial charge in [0, 0.05) is 42.9 Å². The highest BCUT2D eigenvalue weighted by Gasteiger charge is 2.60. The van der Waals surface area contributed by atoms with Gasteiger partial charge in [0.25, 0.3) is 0 Å². The van der Waals surface area contributed by atoms with Crippen LogP contribution in [0.5, 0.6) is 0 Å². The van der Waals surface area contributed by atoms with Crippen molar-refractivity contribution in [1.29, 1.82) is 0 Å². The number of allylic oxidation sites excluding steroid dienone is 2. The summed E-state index contributed by atoms with van der Waals surface area (Å²) < 4.78 is 7.57. The highest BCUT2D eigenvalue weighted by atomic mass is 16.5. The van der Waals surface area contributed by atoms with Crippen molar-refractivity contribution in [2.45, 2.75) is 71.8 Å². The maximum Gasteiger partial charge on any atom is 0.302 e. The van der Waals surface area contributed by atoms with E-state index in [1.807, 2.05) is 29.1 Å². The van der Waals surface area contributed by atoms with E-state index in [4.69, 9.17) is 4.74 Å². The molecule has 4 nitrogen and oxygen atoms in total. The number of carbonyl (C=O) groups is 2. The van der Waals surface area contributed by atoms with Gasteiger partial charge in [-0.05, 0) is 73.8 Å². The first-order valence-electron chi connectivity index (χ1n) is 11.6. The zero-order valence-electron chi connectivity index (χ0n) is 18.4. The second-order valence-corrected chi connectivity index (χ2v) is 10.5. The van der Waals surface area contributed by atoms with Crippen LogP contribution in [0.15, 0.2) is 41.7 Å². The standard InChI is InChI=1S/C26H33NO3/c1-17(28)30-20-8-10-25(2)19(15-20)6-7-21-22(25)9-11-26(3)23(21)14-18(24(26)29)16-27-12-4-5-13-27/h4-6,12-13,16,20-23H,7-11,14-15H2,1-3H3/b18-16-/t20-,21+,22-,23-,25-,26-/m0/s1. The zero-order valence-corrected chi connectivity index (χ0v) is 18.4. The molecule has 0 amide bonds. The summed E-state index contributed by atoms with van der Waals surface area (Å²) in [6.45, 7) is 6.18. The Hall–Kier alpha value is -2.10. The Labute approximate surface area is 179 Å². The maximum absolute atomic E-state index is 13.4. The molecule has 0 aliphatic heterocycles. The predicted octanol–water partition coefficient (Wildman–Crippen LogP) is 5.40. The highest BCUT2D eigenvalue weighted by molar-refractivity contribution is 6.04. The van der Waals surface area contributed by atoms with Crippen LogP contribution in [-0.2, 0) is 14.3 Å². The van der Waals surface area contributed by atoms with E-state index in [0.717, 1.165) is 50.5 Å². The number of ketones is 1. The van der Waals surface area contributed by atoms with E-state index < -0.39 is 0 Å². The minimum absolute atomic E-state index is 0.0383. The number of rotatable bonds is 2. The Balaban J connectivity index is 1.43. The average molecular weight is 408 g/mol. The fourth-order valence-electron chi connectivity index (χ4n) is 7.36. The van der Waals surface area contributed by atoms with Crippen molar-refractivity contribution >= 4 is 18.0 Å². The van der Waals surface area contributed by atoms with Crippen molar-refractivity contribution in [3.63, 3.8) is 0 Å². The molecule has 4 aliphatic rings. The van der Waals surface area contributed by atoms with Crippen LogP contribution in [0.4, 0.5) is 0 Å². The fraction of sp³-hybridized carbons (Fsp3) is 0.615. The summed E-state index contributed by atoms with van der Waals surface area (Å²) in [6, 6.07) is 4.00. The molecule has 1 heterocycles. The molecule has 0 aromatic carbocycles. The SMILES string of the molecule is CC(=O)O[C@H]1CC[C@@]2(C)C(=CC[C@@H]3[C@@H]2CC[C@]2(C)C(=O)/C(=C\n4cccc4)C[C@@H]32)C1. The number of Topliss-reactive ketones (excluding diaryl/α,β-unsaturated/α-hetero) is 1. The summed E-state index contributed by atoms with van der Waals surface area (Å²) in [5, 5.41) is 0. The van der Waals surface area contributed by atoms with Crippen LogP contribution in [0.25, 0.3) is 6.20 Å². The number of carbonyl (C=O) groups excluding carboxylic acids is 2. The summed E-state index contributed by atoms with van der Waals surface area (Å²) in [5.74, 6) is 1.84. The van der Waals surface area contributed by atoms with Gasteiger partial charge in [-0.1, -0.05) is 25.5 Å². The van der Waals surface area contributed by atoms with Crippen molar-refractivity contribution in [1.82, 2.24) is 4.57 Å². The van der Waals surface area contributed by atoms with Crippen molar-refractivity contribution in [2.75, 3.05) is 0 Å². The molecule has 0 N–H and O–H groups in total. The van der Waals surface area contributed by atoms with Crippen LogP contribution in [-0.4, -0.2) is 22.4 Å². The molecule has 0 bridgehead atoms. The molecular formula is C26H33NO3. The van der Waals surface area contributed by atoms with E-state index in [2.05, 4.69) is 26.1 Å². The minimum Gasteiger partial charge on any atom is -0.462 e. The van der Waals surface area contributed by atoms with Gasteiger partial charge in [-0.15, -0.1) is 0 Å². The maximum atomic E-state index is 13.4. The van der Waals surface area contributed by atoms with Gasteiger partial charge in [0.05, 0.1) is 0 Å². The van der Waals surface area contributed by atoms with Crippen molar-refractivity contribution in [3.8, 4) is 0 Å². The highest BCUT2D eigenvalue weighted by Crippen LogP contribution is 2.64. The number of hydrogen-bond donors (Lipinski definition) is 0. The smallest absolute Gasteiger partial charge is 0.302 e. The second kappa shape index (κ2) is 6.96. The van der Waals surface area contributed by atoms with E-state index in [9.17, 15) is 9.59 Å². The van der Waals surface area contributed by atoms with Gasteiger partial charge in [0.1, 0.15) is 6.10 Å². The van der Waals surface area contributed by atoms with Gasteiger partial charge in [0.15, 0.2) is 5.78 Å². The number of fused-ring (bicyclic) bond motifs is 5. The zero-order chi connectivity index (χ0) is 21.1. The number of ether oxygens (including phenoxy) is 1. The Morgan fingerprint density at radius 1 is 1.10 bits per heavy atom.